The molecular weight excluding hydrogens is 482 g/mol. The summed E-state index contributed by atoms with van der Waals surface area (Å²) < 4.78 is 37.4. The third-order valence-corrected chi connectivity index (χ3v) is 5.01. The Hall–Kier alpha value is -3.11. The quantitative estimate of drug-likeness (QED) is 0.0930. The van der Waals surface area contributed by atoms with Crippen molar-refractivity contribution >= 4 is 31.0 Å². The van der Waals surface area contributed by atoms with Gasteiger partial charge < -0.3 is 38.5 Å². The number of rotatable bonds is 15. The van der Waals surface area contributed by atoms with Gasteiger partial charge in [-0.1, -0.05) is 0 Å². The predicted octanol–water partition coefficient (Wildman–Crippen LogP) is -1.07. The summed E-state index contributed by atoms with van der Waals surface area (Å²) in [4.78, 5) is 41.9. The minimum Gasteiger partial charge on any atom is -0.461 e. The van der Waals surface area contributed by atoms with Crippen molar-refractivity contribution < 1.29 is 47.5 Å². The Morgan fingerprint density at radius 3 is 2.53 bits per heavy atom. The summed E-state index contributed by atoms with van der Waals surface area (Å²) in [7, 11) is 5.84. The molecule has 15 nitrogen and oxygen atoms in total. The predicted molar refractivity (Wildman–Crippen MR) is 124 cm³/mol. The Kier molecular flexibility index (Phi) is 12.2. The first kappa shape index (κ1) is 29.1. The monoisotopic (exact) mass is 515 g/mol. The van der Waals surface area contributed by atoms with Crippen molar-refractivity contribution in [2.45, 2.75) is 30.7 Å². The highest BCUT2D eigenvalue weighted by molar-refractivity contribution is 5.77. The van der Waals surface area contributed by atoms with Crippen molar-refractivity contribution in [1.82, 2.24) is 15.2 Å². The van der Waals surface area contributed by atoms with Gasteiger partial charge in [-0.3, -0.25) is 14.9 Å². The Bertz CT molecular complexity index is 810. The summed E-state index contributed by atoms with van der Waals surface area (Å²) >= 11 is 0. The van der Waals surface area contributed by atoms with E-state index in [0.29, 0.717) is 0 Å². The molecule has 0 aromatic rings. The van der Waals surface area contributed by atoms with Gasteiger partial charge in [0.2, 0.25) is 0 Å². The van der Waals surface area contributed by atoms with Gasteiger partial charge in [-0.05, 0) is 12.8 Å². The van der Waals surface area contributed by atoms with E-state index in [9.17, 15) is 14.4 Å². The van der Waals surface area contributed by atoms with Crippen molar-refractivity contribution in [3.63, 3.8) is 0 Å². The fourth-order valence-corrected chi connectivity index (χ4v) is 3.39. The summed E-state index contributed by atoms with van der Waals surface area (Å²) in [5, 5.41) is 8.24. The van der Waals surface area contributed by atoms with E-state index in [1.165, 1.54) is 43.8 Å². The van der Waals surface area contributed by atoms with Crippen molar-refractivity contribution in [2.24, 2.45) is 10.1 Å². The van der Waals surface area contributed by atoms with Crippen LogP contribution in [0.5, 0.6) is 0 Å². The lowest BCUT2D eigenvalue weighted by atomic mass is 10.1. The fourth-order valence-electron chi connectivity index (χ4n) is 3.39. The van der Waals surface area contributed by atoms with E-state index in [2.05, 4.69) is 22.1 Å². The average Bonchev–Trinajstić information content (AvgIpc) is 3.18. The number of esters is 2. The number of hydrazone groups is 1. The number of amides is 2. The number of urea groups is 1. The van der Waals surface area contributed by atoms with Crippen LogP contribution in [0.2, 0.25) is 0 Å². The molecule has 1 fully saturated rings. The maximum atomic E-state index is 13.0. The number of carbonyl (C=O) groups excluding carboxylic acids is 3. The molecule has 0 radical (unpaired) electrons. The van der Waals surface area contributed by atoms with Crippen molar-refractivity contribution in [3.05, 3.63) is 12.3 Å². The number of methoxy groups -OCH3 is 3. The number of likely N-dealkylation sites (N-methyl/N-ethyl adjacent to an activating group) is 1. The zero-order chi connectivity index (χ0) is 26.5. The van der Waals surface area contributed by atoms with Crippen LogP contribution in [-0.4, -0.2) is 133 Å². The SMILES string of the molecule is C=N/C=N\N(C)C1C=CN([C@@H]2O[C@H](COC(=O)COC)[C@@H](OC(=O)COC)[C@H]2OCCOC)C(=O)N1. The number of nitrogens with zero attached hydrogens (tertiary/aromatic N) is 4. The normalized spacial score (nSPS) is 25.6. The topological polar surface area (TPSA) is 159 Å². The molecule has 5 atom stereocenters. The molecule has 2 aliphatic heterocycles. The highest BCUT2D eigenvalue weighted by Gasteiger charge is 2.52. The van der Waals surface area contributed by atoms with E-state index in [0.717, 1.165) is 0 Å². The summed E-state index contributed by atoms with van der Waals surface area (Å²) in [6.45, 7) is 2.80. The van der Waals surface area contributed by atoms with Crippen LogP contribution in [0.4, 0.5) is 4.79 Å². The van der Waals surface area contributed by atoms with Crippen molar-refractivity contribution in [2.75, 3.05) is 61.4 Å². The highest BCUT2D eigenvalue weighted by atomic mass is 16.7. The van der Waals surface area contributed by atoms with Gasteiger partial charge in [0.25, 0.3) is 0 Å². The highest BCUT2D eigenvalue weighted by Crippen LogP contribution is 2.31. The van der Waals surface area contributed by atoms with Gasteiger partial charge in [0.1, 0.15) is 44.5 Å². The van der Waals surface area contributed by atoms with Gasteiger partial charge in [0, 0.05) is 34.6 Å². The lowest BCUT2D eigenvalue weighted by Gasteiger charge is -2.35. The number of ether oxygens (including phenoxy) is 7. The molecule has 1 N–H and O–H groups in total. The van der Waals surface area contributed by atoms with E-state index in [-0.39, 0.29) is 33.0 Å². The number of aliphatic imine (C=N–C) groups is 1. The number of nitrogens with one attached hydrogen (secondary N) is 1. The molecule has 2 aliphatic rings. The van der Waals surface area contributed by atoms with Gasteiger partial charge >= 0.3 is 18.0 Å². The Balaban J connectivity index is 2.28. The Morgan fingerprint density at radius 2 is 1.89 bits per heavy atom. The first-order chi connectivity index (χ1) is 17.4. The van der Waals surface area contributed by atoms with E-state index in [1.807, 2.05) is 0 Å². The third kappa shape index (κ3) is 8.23. The number of hydrogen-bond acceptors (Lipinski definition) is 12. The van der Waals surface area contributed by atoms with E-state index < -0.39 is 48.7 Å². The standard InChI is InChI=1S/C21H33N5O10/c1-22-13-23-25(2)15-6-7-26(21(29)24-15)20-19(33-9-8-30-3)18(36-17(28)12-32-5)14(35-20)10-34-16(27)11-31-4/h6-7,13-15,18-20H,1,8-12H2,2-5H3,(H,24,29)/b23-13-/t14-,15?,18-,19-,20-/m1/s1. The molecule has 0 aromatic carbocycles. The van der Waals surface area contributed by atoms with Gasteiger partial charge in [-0.2, -0.15) is 5.10 Å². The molecule has 2 heterocycles. The minimum absolute atomic E-state index is 0.114. The fraction of sp³-hybridized carbons (Fsp3) is 0.667. The van der Waals surface area contributed by atoms with E-state index in [4.69, 9.17) is 33.2 Å². The van der Waals surface area contributed by atoms with Crippen LogP contribution in [0.15, 0.2) is 22.4 Å². The van der Waals surface area contributed by atoms with Crippen LogP contribution in [0.25, 0.3) is 0 Å². The summed E-state index contributed by atoms with van der Waals surface area (Å²) in [5.41, 5.74) is 0. The smallest absolute Gasteiger partial charge is 0.332 e. The lowest BCUT2D eigenvalue weighted by Crippen LogP contribution is -2.56. The molecule has 2 amide bonds. The zero-order valence-electron chi connectivity index (χ0n) is 20.7. The third-order valence-electron chi connectivity index (χ3n) is 5.01. The van der Waals surface area contributed by atoms with E-state index >= 15 is 0 Å². The molecule has 202 valence electrons. The van der Waals surface area contributed by atoms with Crippen LogP contribution >= 0.6 is 0 Å². The molecule has 2 rings (SSSR count). The van der Waals surface area contributed by atoms with Crippen molar-refractivity contribution in [3.8, 4) is 0 Å². The molecule has 0 aliphatic carbocycles. The first-order valence-electron chi connectivity index (χ1n) is 10.9. The van der Waals surface area contributed by atoms with Gasteiger partial charge in [0.05, 0.1) is 13.2 Å². The molecule has 15 heteroatoms. The van der Waals surface area contributed by atoms with Crippen LogP contribution in [0.1, 0.15) is 0 Å². The second kappa shape index (κ2) is 15.1. The van der Waals surface area contributed by atoms with Gasteiger partial charge in [-0.15, -0.1) is 0 Å². The number of hydrogen-bond donors (Lipinski definition) is 1. The van der Waals surface area contributed by atoms with Gasteiger partial charge in [-0.25, -0.2) is 14.4 Å². The average molecular weight is 516 g/mol. The molecule has 1 unspecified atom stereocenters. The number of carbonyl (C=O) groups is 3. The molecule has 0 saturated carbocycles. The van der Waals surface area contributed by atoms with Crippen LogP contribution in [-0.2, 0) is 42.7 Å². The second-order valence-corrected chi connectivity index (χ2v) is 7.53. The summed E-state index contributed by atoms with van der Waals surface area (Å²) in [6, 6.07) is -0.527. The van der Waals surface area contributed by atoms with Crippen LogP contribution in [0.3, 0.4) is 0 Å². The van der Waals surface area contributed by atoms with Crippen LogP contribution in [0, 0.1) is 0 Å². The minimum atomic E-state index is -1.03. The van der Waals surface area contributed by atoms with Gasteiger partial charge in [0.15, 0.2) is 12.3 Å². The molecule has 0 bridgehead atoms. The molecule has 0 aromatic heterocycles. The zero-order valence-corrected chi connectivity index (χ0v) is 20.7. The molecule has 1 saturated heterocycles. The Labute approximate surface area is 208 Å². The molecule has 36 heavy (non-hydrogen) atoms. The van der Waals surface area contributed by atoms with Crippen LogP contribution < -0.4 is 5.32 Å². The Morgan fingerprint density at radius 1 is 1.17 bits per heavy atom. The summed E-state index contributed by atoms with van der Waals surface area (Å²) in [5.74, 6) is -1.33. The van der Waals surface area contributed by atoms with Crippen molar-refractivity contribution in [1.29, 1.82) is 0 Å². The van der Waals surface area contributed by atoms with E-state index in [1.54, 1.807) is 13.1 Å². The summed E-state index contributed by atoms with van der Waals surface area (Å²) in [6.07, 6.45) is -0.128. The lowest BCUT2D eigenvalue weighted by molar-refractivity contribution is -0.166. The second-order valence-electron chi connectivity index (χ2n) is 7.53. The largest absolute Gasteiger partial charge is 0.461 e. The molecule has 0 spiro atoms. The maximum absolute atomic E-state index is 13.0. The molecular formula is C21H33N5O10. The first-order valence-corrected chi connectivity index (χ1v) is 10.9. The maximum Gasteiger partial charge on any atom is 0.332 e.